The number of fused-ring (bicyclic) bond motifs is 2. The minimum Gasteiger partial charge on any atom is -0.355 e. The minimum absolute atomic E-state index is 0.233. The van der Waals surface area contributed by atoms with E-state index in [4.69, 9.17) is 4.55 Å². The Balaban J connectivity index is 1.50. The maximum Gasteiger partial charge on any atom is 0.264 e. The van der Waals surface area contributed by atoms with Gasteiger partial charge in [-0.05, 0) is 43.2 Å². The van der Waals surface area contributed by atoms with E-state index in [9.17, 15) is 8.42 Å². The molecule has 0 bridgehead atoms. The van der Waals surface area contributed by atoms with Gasteiger partial charge in [-0.3, -0.25) is 4.55 Å². The number of benzene rings is 2. The van der Waals surface area contributed by atoms with Crippen molar-refractivity contribution in [3.8, 4) is 0 Å². The summed E-state index contributed by atoms with van der Waals surface area (Å²) >= 11 is 3.57. The maximum absolute atomic E-state index is 11.1. The monoisotopic (exact) mass is 488 g/mol. The van der Waals surface area contributed by atoms with Gasteiger partial charge in [0.15, 0.2) is 0 Å². The first kappa shape index (κ1) is 23.3. The third-order valence-corrected chi connectivity index (χ3v) is 8.60. The predicted molar refractivity (Wildman–Crippen MR) is 136 cm³/mol. The summed E-state index contributed by atoms with van der Waals surface area (Å²) in [4.78, 5) is 7.09. The van der Waals surface area contributed by atoms with Crippen LogP contribution in [0.5, 0.6) is 0 Å². The summed E-state index contributed by atoms with van der Waals surface area (Å²) in [7, 11) is -3.95. The van der Waals surface area contributed by atoms with Crippen molar-refractivity contribution in [1.29, 1.82) is 0 Å². The summed E-state index contributed by atoms with van der Waals surface area (Å²) in [5.74, 6) is -0.233. The largest absolute Gasteiger partial charge is 0.355 e. The number of thioether (sulfide) groups is 2. The number of para-hydroxylation sites is 2. The highest BCUT2D eigenvalue weighted by Gasteiger charge is 2.28. The molecule has 4 rings (SSSR count). The molecule has 0 amide bonds. The fourth-order valence-electron chi connectivity index (χ4n) is 3.89. The second kappa shape index (κ2) is 10.4. The molecule has 2 aromatic carbocycles. The van der Waals surface area contributed by atoms with E-state index in [0.29, 0.717) is 13.0 Å². The van der Waals surface area contributed by atoms with E-state index in [0.717, 1.165) is 35.0 Å². The molecule has 2 aliphatic rings. The molecule has 1 N–H and O–H groups in total. The van der Waals surface area contributed by atoms with Crippen molar-refractivity contribution < 1.29 is 13.0 Å². The van der Waals surface area contributed by atoms with Crippen LogP contribution in [0, 0.1) is 0 Å². The molecule has 32 heavy (non-hydrogen) atoms. The lowest BCUT2D eigenvalue weighted by molar-refractivity contribution is 0.481. The van der Waals surface area contributed by atoms with E-state index in [1.807, 2.05) is 23.9 Å². The molecular weight excluding hydrogens is 460 g/mol. The highest BCUT2D eigenvalue weighted by molar-refractivity contribution is 8.03. The fourth-order valence-corrected chi connectivity index (χ4v) is 6.72. The molecule has 5 nitrogen and oxygen atoms in total. The van der Waals surface area contributed by atoms with Gasteiger partial charge in [0.2, 0.25) is 0 Å². The number of anilines is 2. The molecule has 1 unspecified atom stereocenters. The molecule has 0 aliphatic carbocycles. The Morgan fingerprint density at radius 2 is 1.72 bits per heavy atom. The molecule has 0 spiro atoms. The summed E-state index contributed by atoms with van der Waals surface area (Å²) in [5, 5.41) is 1.33. The number of allylic oxidation sites excluding steroid dienone is 2. The van der Waals surface area contributed by atoms with Crippen LogP contribution in [-0.4, -0.2) is 37.2 Å². The van der Waals surface area contributed by atoms with Crippen LogP contribution < -0.4 is 9.80 Å². The Labute approximate surface area is 199 Å². The molecule has 0 saturated carbocycles. The van der Waals surface area contributed by atoms with E-state index >= 15 is 0 Å². The van der Waals surface area contributed by atoms with E-state index in [1.54, 1.807) is 11.8 Å². The zero-order chi connectivity index (χ0) is 22.6. The summed E-state index contributed by atoms with van der Waals surface area (Å²) in [6.07, 6.45) is 9.16. The molecule has 8 heteroatoms. The lowest BCUT2D eigenvalue weighted by Gasteiger charge is -2.24. The molecule has 0 aromatic heterocycles. The first-order valence-electron chi connectivity index (χ1n) is 10.9. The van der Waals surface area contributed by atoms with Crippen molar-refractivity contribution >= 4 is 45.0 Å². The summed E-state index contributed by atoms with van der Waals surface area (Å²) < 4.78 is 31.4. The SMILES string of the molecule is CCCCN1c2ccccc2SC1/C=C/C=C1/Sc2ccccc2N1CCCS(=O)(=O)O. The van der Waals surface area contributed by atoms with Crippen LogP contribution in [0.15, 0.2) is 81.6 Å². The topological polar surface area (TPSA) is 60.9 Å². The highest BCUT2D eigenvalue weighted by atomic mass is 32.2. The Morgan fingerprint density at radius 1 is 1.00 bits per heavy atom. The van der Waals surface area contributed by atoms with Gasteiger partial charge in [0.25, 0.3) is 10.1 Å². The van der Waals surface area contributed by atoms with Gasteiger partial charge in [0.1, 0.15) is 0 Å². The lowest BCUT2D eigenvalue weighted by atomic mass is 10.2. The fraction of sp³-hybridized carbons (Fsp3) is 0.333. The first-order chi connectivity index (χ1) is 15.5. The van der Waals surface area contributed by atoms with Gasteiger partial charge in [-0.2, -0.15) is 8.42 Å². The maximum atomic E-state index is 11.1. The zero-order valence-electron chi connectivity index (χ0n) is 18.1. The van der Waals surface area contributed by atoms with E-state index in [1.165, 1.54) is 10.6 Å². The number of rotatable bonds is 9. The van der Waals surface area contributed by atoms with Crippen molar-refractivity contribution in [2.75, 3.05) is 28.6 Å². The van der Waals surface area contributed by atoms with Gasteiger partial charge < -0.3 is 9.80 Å². The Bertz CT molecular complexity index is 1110. The lowest BCUT2D eigenvalue weighted by Crippen LogP contribution is -2.28. The summed E-state index contributed by atoms with van der Waals surface area (Å²) in [6.45, 7) is 3.79. The average molecular weight is 489 g/mol. The van der Waals surface area contributed by atoms with Crippen LogP contribution in [0.25, 0.3) is 0 Å². The minimum atomic E-state index is -3.95. The molecule has 2 heterocycles. The first-order valence-corrected chi connectivity index (χ1v) is 14.2. The molecule has 2 aliphatic heterocycles. The van der Waals surface area contributed by atoms with Gasteiger partial charge in [0.05, 0.1) is 27.5 Å². The quantitative estimate of drug-likeness (QED) is 0.434. The second-order valence-corrected chi connectivity index (χ2v) is 11.6. The molecule has 2 aromatic rings. The third-order valence-electron chi connectivity index (χ3n) is 5.42. The predicted octanol–water partition coefficient (Wildman–Crippen LogP) is 6.01. The van der Waals surface area contributed by atoms with Gasteiger partial charge in [-0.25, -0.2) is 0 Å². The van der Waals surface area contributed by atoms with Crippen LogP contribution in [0.2, 0.25) is 0 Å². The van der Waals surface area contributed by atoms with E-state index in [-0.39, 0.29) is 11.1 Å². The highest BCUT2D eigenvalue weighted by Crippen LogP contribution is 2.46. The van der Waals surface area contributed by atoms with Crippen LogP contribution in [0.1, 0.15) is 26.2 Å². The van der Waals surface area contributed by atoms with Crippen molar-refractivity contribution in [3.05, 3.63) is 71.8 Å². The van der Waals surface area contributed by atoms with Gasteiger partial charge in [-0.15, -0.1) is 0 Å². The summed E-state index contributed by atoms with van der Waals surface area (Å²) in [5.41, 5.74) is 2.39. The molecule has 0 saturated heterocycles. The molecule has 0 radical (unpaired) electrons. The Kier molecular flexibility index (Phi) is 7.55. The number of hydrogen-bond acceptors (Lipinski definition) is 6. The third kappa shape index (κ3) is 5.54. The van der Waals surface area contributed by atoms with Gasteiger partial charge in [-0.1, -0.05) is 73.3 Å². The summed E-state index contributed by atoms with van der Waals surface area (Å²) in [6, 6.07) is 16.7. The van der Waals surface area contributed by atoms with Crippen molar-refractivity contribution in [1.82, 2.24) is 0 Å². The second-order valence-electron chi connectivity index (χ2n) is 7.77. The van der Waals surface area contributed by atoms with E-state index < -0.39 is 10.1 Å². The van der Waals surface area contributed by atoms with Crippen LogP contribution in [0.4, 0.5) is 11.4 Å². The number of nitrogens with zero attached hydrogens (tertiary/aromatic N) is 2. The van der Waals surface area contributed by atoms with Crippen molar-refractivity contribution in [2.24, 2.45) is 0 Å². The normalized spacial score (nSPS) is 19.2. The molecule has 1 atom stereocenters. The zero-order valence-corrected chi connectivity index (χ0v) is 20.5. The van der Waals surface area contributed by atoms with E-state index in [2.05, 4.69) is 71.3 Å². The standard InChI is InChI=1S/C24H28N2O3S3/c1-2-3-16-25-19-10-4-6-12-21(19)30-23(25)14-8-15-24-26(17-9-18-32(27,28)29)20-11-5-7-13-22(20)31-24/h4-8,10-15,23H,2-3,9,16-18H2,1H3,(H,27,28,29)/b14-8+,24-15+. The number of unbranched alkanes of at least 4 members (excludes halogenated alkanes) is 1. The van der Waals surface area contributed by atoms with Crippen LogP contribution in [0.3, 0.4) is 0 Å². The molecule has 170 valence electrons. The van der Waals surface area contributed by atoms with Crippen molar-refractivity contribution in [3.63, 3.8) is 0 Å². The smallest absolute Gasteiger partial charge is 0.264 e. The Morgan fingerprint density at radius 3 is 2.47 bits per heavy atom. The molecular formula is C24H28N2O3S3. The van der Waals surface area contributed by atoms with Gasteiger partial charge >= 0.3 is 0 Å². The van der Waals surface area contributed by atoms with Crippen molar-refractivity contribution in [2.45, 2.75) is 41.4 Å². The van der Waals surface area contributed by atoms with Crippen LogP contribution in [-0.2, 0) is 10.1 Å². The molecule has 0 fully saturated rings. The van der Waals surface area contributed by atoms with Gasteiger partial charge in [0, 0.05) is 22.9 Å². The van der Waals surface area contributed by atoms with Crippen LogP contribution >= 0.6 is 23.5 Å². The Hall–Kier alpha value is -1.87. The number of hydrogen-bond donors (Lipinski definition) is 1. The average Bonchev–Trinajstić information content (AvgIpc) is 3.29.